The molecule has 0 fully saturated rings. The maximum absolute atomic E-state index is 3.65. The van der Waals surface area contributed by atoms with Crippen molar-refractivity contribution in [2.24, 2.45) is 5.92 Å². The zero-order chi connectivity index (χ0) is 16.3. The van der Waals surface area contributed by atoms with Crippen LogP contribution in [-0.4, -0.2) is 50.3 Å². The monoisotopic (exact) mass is 300 g/mol. The standard InChI is InChI=1S/C17H40N4/c1-14(2)13-18-8-11-21-17(6,7)12-16(5)20-10-9-19-15(3)4/h14-16,18-21H,8-13H2,1-7H3. The largest absolute Gasteiger partial charge is 0.315 e. The Hall–Kier alpha value is -0.160. The van der Waals surface area contributed by atoms with E-state index in [0.29, 0.717) is 12.1 Å². The van der Waals surface area contributed by atoms with Gasteiger partial charge in [0.25, 0.3) is 0 Å². The van der Waals surface area contributed by atoms with Crippen molar-refractivity contribution in [3.05, 3.63) is 0 Å². The van der Waals surface area contributed by atoms with Crippen LogP contribution in [-0.2, 0) is 0 Å². The second kappa shape index (κ2) is 11.4. The summed E-state index contributed by atoms with van der Waals surface area (Å²) in [4.78, 5) is 0. The predicted molar refractivity (Wildman–Crippen MR) is 95.0 cm³/mol. The lowest BCUT2D eigenvalue weighted by Crippen LogP contribution is -2.47. The fourth-order valence-corrected chi connectivity index (χ4v) is 2.47. The highest BCUT2D eigenvalue weighted by Crippen LogP contribution is 2.10. The van der Waals surface area contributed by atoms with Crippen LogP contribution in [0.3, 0.4) is 0 Å². The zero-order valence-electron chi connectivity index (χ0n) is 15.5. The van der Waals surface area contributed by atoms with Crippen molar-refractivity contribution >= 4 is 0 Å². The summed E-state index contributed by atoms with van der Waals surface area (Å²) in [5.41, 5.74) is 0.178. The van der Waals surface area contributed by atoms with Crippen LogP contribution in [0.2, 0.25) is 0 Å². The molecule has 0 rings (SSSR count). The Kier molecular flexibility index (Phi) is 11.3. The van der Waals surface area contributed by atoms with E-state index in [1.165, 1.54) is 0 Å². The first-order chi connectivity index (χ1) is 9.73. The van der Waals surface area contributed by atoms with E-state index in [4.69, 9.17) is 0 Å². The molecule has 0 aromatic heterocycles. The van der Waals surface area contributed by atoms with Crippen LogP contribution >= 0.6 is 0 Å². The van der Waals surface area contributed by atoms with E-state index in [1.807, 2.05) is 0 Å². The molecule has 4 nitrogen and oxygen atoms in total. The summed E-state index contributed by atoms with van der Waals surface area (Å²) in [6.45, 7) is 21.0. The van der Waals surface area contributed by atoms with Crippen LogP contribution in [0.4, 0.5) is 0 Å². The number of nitrogens with one attached hydrogen (secondary N) is 4. The van der Waals surface area contributed by atoms with Crippen LogP contribution in [0.15, 0.2) is 0 Å². The average Bonchev–Trinajstić information content (AvgIpc) is 2.33. The summed E-state index contributed by atoms with van der Waals surface area (Å²) in [6, 6.07) is 1.10. The normalized spacial score (nSPS) is 14.1. The Morgan fingerprint density at radius 1 is 0.810 bits per heavy atom. The molecule has 0 bridgehead atoms. The summed E-state index contributed by atoms with van der Waals surface area (Å²) < 4.78 is 0. The third-order valence-electron chi connectivity index (χ3n) is 3.44. The molecule has 4 N–H and O–H groups in total. The fraction of sp³-hybridized carbons (Fsp3) is 1.00. The smallest absolute Gasteiger partial charge is 0.0140 e. The Morgan fingerprint density at radius 3 is 2.00 bits per heavy atom. The van der Waals surface area contributed by atoms with Crippen LogP contribution in [0, 0.1) is 5.92 Å². The van der Waals surface area contributed by atoms with E-state index in [1.54, 1.807) is 0 Å². The van der Waals surface area contributed by atoms with Gasteiger partial charge >= 0.3 is 0 Å². The number of hydrogen-bond acceptors (Lipinski definition) is 4. The molecular formula is C17H40N4. The third-order valence-corrected chi connectivity index (χ3v) is 3.44. The lowest BCUT2D eigenvalue weighted by atomic mass is 9.96. The third kappa shape index (κ3) is 14.5. The van der Waals surface area contributed by atoms with E-state index >= 15 is 0 Å². The predicted octanol–water partition coefficient (Wildman–Crippen LogP) is 1.97. The van der Waals surface area contributed by atoms with Crippen LogP contribution < -0.4 is 21.3 Å². The molecular weight excluding hydrogens is 260 g/mol. The van der Waals surface area contributed by atoms with Gasteiger partial charge in [-0.2, -0.15) is 0 Å². The van der Waals surface area contributed by atoms with E-state index < -0.39 is 0 Å². The van der Waals surface area contributed by atoms with Gasteiger partial charge in [-0.3, -0.25) is 0 Å². The highest BCUT2D eigenvalue weighted by atomic mass is 15.0. The Bertz CT molecular complexity index is 239. The number of hydrogen-bond donors (Lipinski definition) is 4. The molecule has 21 heavy (non-hydrogen) atoms. The first-order valence-electron chi connectivity index (χ1n) is 8.65. The topological polar surface area (TPSA) is 48.1 Å². The van der Waals surface area contributed by atoms with E-state index in [2.05, 4.69) is 69.7 Å². The van der Waals surface area contributed by atoms with Crippen molar-refractivity contribution in [3.8, 4) is 0 Å². The summed E-state index contributed by atoms with van der Waals surface area (Å²) in [5.74, 6) is 0.724. The second-order valence-corrected chi connectivity index (χ2v) is 7.58. The molecule has 0 aliphatic carbocycles. The summed E-state index contributed by atoms with van der Waals surface area (Å²) in [5, 5.41) is 14.2. The molecule has 0 radical (unpaired) electrons. The van der Waals surface area contributed by atoms with Crippen molar-refractivity contribution in [2.45, 2.75) is 72.5 Å². The van der Waals surface area contributed by atoms with Gasteiger partial charge in [-0.15, -0.1) is 0 Å². The molecule has 0 saturated heterocycles. The maximum Gasteiger partial charge on any atom is 0.0140 e. The SMILES string of the molecule is CC(C)CNCCNC(C)(C)CC(C)NCCNC(C)C. The van der Waals surface area contributed by atoms with Gasteiger partial charge in [-0.05, 0) is 39.7 Å². The van der Waals surface area contributed by atoms with Crippen molar-refractivity contribution in [1.82, 2.24) is 21.3 Å². The molecule has 0 saturated carbocycles. The van der Waals surface area contributed by atoms with Crippen LogP contribution in [0.5, 0.6) is 0 Å². The lowest BCUT2D eigenvalue weighted by Gasteiger charge is -2.30. The molecule has 0 heterocycles. The van der Waals surface area contributed by atoms with Crippen molar-refractivity contribution in [3.63, 3.8) is 0 Å². The Labute approximate surface area is 133 Å². The van der Waals surface area contributed by atoms with Crippen molar-refractivity contribution < 1.29 is 0 Å². The summed E-state index contributed by atoms with van der Waals surface area (Å²) >= 11 is 0. The molecule has 1 unspecified atom stereocenters. The van der Waals surface area contributed by atoms with Crippen molar-refractivity contribution in [1.29, 1.82) is 0 Å². The fourth-order valence-electron chi connectivity index (χ4n) is 2.47. The van der Waals surface area contributed by atoms with Gasteiger partial charge in [0, 0.05) is 43.8 Å². The van der Waals surface area contributed by atoms with Gasteiger partial charge < -0.3 is 21.3 Å². The Morgan fingerprint density at radius 2 is 1.43 bits per heavy atom. The molecule has 0 aromatic carbocycles. The minimum atomic E-state index is 0.178. The van der Waals surface area contributed by atoms with E-state index in [0.717, 1.165) is 45.1 Å². The first kappa shape index (κ1) is 20.8. The Balaban J connectivity index is 3.68. The quantitative estimate of drug-likeness (QED) is 0.393. The van der Waals surface area contributed by atoms with Gasteiger partial charge in [0.1, 0.15) is 0 Å². The van der Waals surface area contributed by atoms with E-state index in [9.17, 15) is 0 Å². The lowest BCUT2D eigenvalue weighted by molar-refractivity contribution is 0.316. The van der Waals surface area contributed by atoms with Gasteiger partial charge in [-0.25, -0.2) is 0 Å². The summed E-state index contributed by atoms with van der Waals surface area (Å²) in [7, 11) is 0. The molecule has 0 aliphatic rings. The van der Waals surface area contributed by atoms with E-state index in [-0.39, 0.29) is 5.54 Å². The molecule has 0 aromatic rings. The van der Waals surface area contributed by atoms with Gasteiger partial charge in [0.05, 0.1) is 0 Å². The zero-order valence-corrected chi connectivity index (χ0v) is 15.5. The molecule has 4 heteroatoms. The molecule has 128 valence electrons. The average molecular weight is 301 g/mol. The minimum Gasteiger partial charge on any atom is -0.315 e. The molecule has 0 amide bonds. The van der Waals surface area contributed by atoms with Gasteiger partial charge in [-0.1, -0.05) is 27.7 Å². The molecule has 0 aliphatic heterocycles. The highest BCUT2D eigenvalue weighted by molar-refractivity contribution is 4.82. The second-order valence-electron chi connectivity index (χ2n) is 7.58. The number of rotatable bonds is 13. The molecule has 0 spiro atoms. The highest BCUT2D eigenvalue weighted by Gasteiger charge is 2.19. The summed E-state index contributed by atoms with van der Waals surface area (Å²) in [6.07, 6.45) is 1.14. The minimum absolute atomic E-state index is 0.178. The van der Waals surface area contributed by atoms with Gasteiger partial charge in [0.2, 0.25) is 0 Å². The maximum atomic E-state index is 3.65. The van der Waals surface area contributed by atoms with Gasteiger partial charge in [0.15, 0.2) is 0 Å². The van der Waals surface area contributed by atoms with Crippen LogP contribution in [0.25, 0.3) is 0 Å². The molecule has 1 atom stereocenters. The van der Waals surface area contributed by atoms with Crippen molar-refractivity contribution in [2.75, 3.05) is 32.7 Å². The van der Waals surface area contributed by atoms with Crippen LogP contribution in [0.1, 0.15) is 54.9 Å². The first-order valence-corrected chi connectivity index (χ1v) is 8.65.